The van der Waals surface area contributed by atoms with Crippen LogP contribution in [0.1, 0.15) is 29.5 Å². The van der Waals surface area contributed by atoms with Crippen LogP contribution in [0.3, 0.4) is 0 Å². The van der Waals surface area contributed by atoms with Gasteiger partial charge in [0.2, 0.25) is 0 Å². The van der Waals surface area contributed by atoms with Crippen LogP contribution >= 0.6 is 11.8 Å². The second-order valence-electron chi connectivity index (χ2n) is 4.62. The molecule has 2 aromatic rings. The first-order valence-corrected chi connectivity index (χ1v) is 7.55. The molecule has 1 unspecified atom stereocenters. The summed E-state index contributed by atoms with van der Waals surface area (Å²) in [7, 11) is 0. The van der Waals surface area contributed by atoms with Crippen LogP contribution in [0, 0.1) is 6.92 Å². The number of carboxylic acid groups (broad SMARTS) is 1. The van der Waals surface area contributed by atoms with Crippen molar-refractivity contribution in [2.75, 3.05) is 6.26 Å². The first-order valence-electron chi connectivity index (χ1n) is 6.26. The number of hydrogen-bond acceptors (Lipinski definition) is 3. The zero-order valence-electron chi connectivity index (χ0n) is 11.4. The van der Waals surface area contributed by atoms with Gasteiger partial charge in [0.1, 0.15) is 5.82 Å². The number of para-hydroxylation sites is 1. The van der Waals surface area contributed by atoms with Crippen molar-refractivity contribution in [2.45, 2.75) is 32.1 Å². The van der Waals surface area contributed by atoms with Crippen LogP contribution in [0.25, 0.3) is 11.0 Å². The topological polar surface area (TPSA) is 55.1 Å². The molecule has 0 fully saturated rings. The monoisotopic (exact) mass is 278 g/mol. The lowest BCUT2D eigenvalue weighted by Gasteiger charge is -2.11. The third-order valence-corrected chi connectivity index (χ3v) is 4.39. The van der Waals surface area contributed by atoms with Gasteiger partial charge in [-0.1, -0.05) is 13.0 Å². The normalized spacial score (nSPS) is 12.8. The zero-order valence-corrected chi connectivity index (χ0v) is 12.2. The van der Waals surface area contributed by atoms with E-state index in [-0.39, 0.29) is 0 Å². The van der Waals surface area contributed by atoms with Gasteiger partial charge in [0.05, 0.1) is 16.6 Å². The van der Waals surface area contributed by atoms with E-state index in [2.05, 4.69) is 18.2 Å². The standard InChI is InChI=1S/C14H18N2O2S/c1-9(19-3)7-8-16-10(2)15-12-6-4-5-11(13(12)16)14(17)18/h4-6,9H,7-8H2,1-3H3,(H,17,18). The molecule has 0 spiro atoms. The van der Waals surface area contributed by atoms with Crippen LogP contribution < -0.4 is 0 Å². The molecular formula is C14H18N2O2S. The van der Waals surface area contributed by atoms with E-state index < -0.39 is 5.97 Å². The summed E-state index contributed by atoms with van der Waals surface area (Å²) < 4.78 is 2.02. The maximum absolute atomic E-state index is 11.3. The lowest BCUT2D eigenvalue weighted by atomic mass is 10.2. The number of nitrogens with zero attached hydrogens (tertiary/aromatic N) is 2. The molecule has 19 heavy (non-hydrogen) atoms. The summed E-state index contributed by atoms with van der Waals surface area (Å²) in [6.07, 6.45) is 3.09. The molecule has 0 saturated carbocycles. The first-order chi connectivity index (χ1) is 9.04. The highest BCUT2D eigenvalue weighted by atomic mass is 32.2. The van der Waals surface area contributed by atoms with Gasteiger partial charge in [0, 0.05) is 11.8 Å². The highest BCUT2D eigenvalue weighted by Crippen LogP contribution is 2.22. The third kappa shape index (κ3) is 2.76. The Morgan fingerprint density at radius 2 is 2.26 bits per heavy atom. The van der Waals surface area contributed by atoms with Gasteiger partial charge in [-0.3, -0.25) is 0 Å². The fourth-order valence-corrected chi connectivity index (χ4v) is 2.52. The lowest BCUT2D eigenvalue weighted by molar-refractivity contribution is 0.0698. The number of imidazole rings is 1. The Morgan fingerprint density at radius 1 is 1.53 bits per heavy atom. The lowest BCUT2D eigenvalue weighted by Crippen LogP contribution is -2.08. The predicted octanol–water partition coefficient (Wildman–Crippen LogP) is 3.18. The molecule has 0 aliphatic carbocycles. The Balaban J connectivity index is 2.47. The number of aromatic carboxylic acids is 1. The van der Waals surface area contributed by atoms with E-state index in [1.807, 2.05) is 29.3 Å². The third-order valence-electron chi connectivity index (χ3n) is 3.35. The number of aryl methyl sites for hydroxylation is 2. The van der Waals surface area contributed by atoms with Crippen molar-refractivity contribution >= 4 is 28.8 Å². The summed E-state index contributed by atoms with van der Waals surface area (Å²) >= 11 is 1.82. The van der Waals surface area contributed by atoms with Crippen molar-refractivity contribution in [1.29, 1.82) is 0 Å². The highest BCUT2D eigenvalue weighted by Gasteiger charge is 2.15. The van der Waals surface area contributed by atoms with Gasteiger partial charge in [-0.15, -0.1) is 0 Å². The Labute approximate surface area is 116 Å². The van der Waals surface area contributed by atoms with Gasteiger partial charge in [-0.05, 0) is 31.7 Å². The Kier molecular flexibility index (Phi) is 4.14. The average molecular weight is 278 g/mol. The van der Waals surface area contributed by atoms with E-state index in [0.717, 1.165) is 29.8 Å². The number of benzene rings is 1. The molecule has 102 valence electrons. The quantitative estimate of drug-likeness (QED) is 0.912. The number of aromatic nitrogens is 2. The van der Waals surface area contributed by atoms with Crippen LogP contribution in [-0.2, 0) is 6.54 Å². The number of thioether (sulfide) groups is 1. The summed E-state index contributed by atoms with van der Waals surface area (Å²) in [5.74, 6) is -0.0262. The van der Waals surface area contributed by atoms with E-state index >= 15 is 0 Å². The van der Waals surface area contributed by atoms with Gasteiger partial charge < -0.3 is 9.67 Å². The van der Waals surface area contributed by atoms with Gasteiger partial charge in [-0.25, -0.2) is 9.78 Å². The highest BCUT2D eigenvalue weighted by molar-refractivity contribution is 7.99. The minimum absolute atomic E-state index is 0.329. The van der Waals surface area contributed by atoms with Crippen molar-refractivity contribution in [1.82, 2.24) is 9.55 Å². The van der Waals surface area contributed by atoms with Crippen LogP contribution in [0.4, 0.5) is 0 Å². The molecule has 0 aliphatic heterocycles. The second kappa shape index (κ2) is 5.65. The number of carbonyl (C=O) groups is 1. The Morgan fingerprint density at radius 3 is 2.89 bits per heavy atom. The van der Waals surface area contributed by atoms with E-state index in [0.29, 0.717) is 10.8 Å². The summed E-state index contributed by atoms with van der Waals surface area (Å²) in [6.45, 7) is 4.90. The number of hydrogen-bond donors (Lipinski definition) is 1. The molecule has 1 heterocycles. The minimum Gasteiger partial charge on any atom is -0.478 e. The minimum atomic E-state index is -0.898. The summed E-state index contributed by atoms with van der Waals surface area (Å²) in [5.41, 5.74) is 1.82. The second-order valence-corrected chi connectivity index (χ2v) is 5.90. The van der Waals surface area contributed by atoms with Crippen LogP contribution in [0.15, 0.2) is 18.2 Å². The zero-order chi connectivity index (χ0) is 14.0. The van der Waals surface area contributed by atoms with Crippen molar-refractivity contribution in [3.05, 3.63) is 29.6 Å². The van der Waals surface area contributed by atoms with E-state index in [1.54, 1.807) is 12.1 Å². The molecule has 0 bridgehead atoms. The summed E-state index contributed by atoms with van der Waals surface area (Å²) in [4.78, 5) is 15.8. The van der Waals surface area contributed by atoms with Gasteiger partial charge in [0.25, 0.3) is 0 Å². The van der Waals surface area contributed by atoms with Crippen molar-refractivity contribution in [3.63, 3.8) is 0 Å². The van der Waals surface area contributed by atoms with Crippen molar-refractivity contribution in [3.8, 4) is 0 Å². The van der Waals surface area contributed by atoms with Crippen molar-refractivity contribution in [2.24, 2.45) is 0 Å². The largest absolute Gasteiger partial charge is 0.478 e. The maximum atomic E-state index is 11.3. The Bertz CT molecular complexity index is 607. The van der Waals surface area contributed by atoms with Crippen LogP contribution in [0.2, 0.25) is 0 Å². The van der Waals surface area contributed by atoms with E-state index in [1.165, 1.54) is 0 Å². The molecule has 1 N–H and O–H groups in total. The summed E-state index contributed by atoms with van der Waals surface area (Å²) in [5, 5.41) is 9.84. The fraction of sp³-hybridized carbons (Fsp3) is 0.429. The van der Waals surface area contributed by atoms with Gasteiger partial charge >= 0.3 is 5.97 Å². The van der Waals surface area contributed by atoms with E-state index in [9.17, 15) is 9.90 Å². The molecule has 1 aromatic heterocycles. The molecule has 2 rings (SSSR count). The molecule has 0 amide bonds. The van der Waals surface area contributed by atoms with Crippen LogP contribution in [-0.4, -0.2) is 32.1 Å². The van der Waals surface area contributed by atoms with E-state index in [4.69, 9.17) is 0 Å². The predicted molar refractivity (Wildman–Crippen MR) is 79.0 cm³/mol. The van der Waals surface area contributed by atoms with Gasteiger partial charge in [-0.2, -0.15) is 11.8 Å². The Hall–Kier alpha value is -1.49. The molecule has 4 nitrogen and oxygen atoms in total. The maximum Gasteiger partial charge on any atom is 0.337 e. The summed E-state index contributed by atoms with van der Waals surface area (Å²) in [6, 6.07) is 5.25. The number of fused-ring (bicyclic) bond motifs is 1. The molecular weight excluding hydrogens is 260 g/mol. The molecule has 5 heteroatoms. The van der Waals surface area contributed by atoms with Gasteiger partial charge in [0.15, 0.2) is 0 Å². The fourth-order valence-electron chi connectivity index (χ4n) is 2.18. The molecule has 1 atom stereocenters. The average Bonchev–Trinajstić information content (AvgIpc) is 2.71. The molecule has 0 radical (unpaired) electrons. The SMILES string of the molecule is CSC(C)CCn1c(C)nc2cccc(C(=O)O)c21. The first kappa shape index (κ1) is 13.9. The van der Waals surface area contributed by atoms with Crippen LogP contribution in [0.5, 0.6) is 0 Å². The molecule has 0 aliphatic rings. The molecule has 0 saturated heterocycles. The number of carboxylic acids is 1. The molecule has 1 aromatic carbocycles. The van der Waals surface area contributed by atoms with Crippen molar-refractivity contribution < 1.29 is 9.90 Å². The smallest absolute Gasteiger partial charge is 0.337 e. The number of rotatable bonds is 5.